The van der Waals surface area contributed by atoms with E-state index in [1.54, 1.807) is 7.11 Å². The lowest BCUT2D eigenvalue weighted by Gasteiger charge is -2.31. The van der Waals surface area contributed by atoms with Gasteiger partial charge in [-0.25, -0.2) is 0 Å². The Morgan fingerprint density at radius 1 is 1.30 bits per heavy atom. The van der Waals surface area contributed by atoms with Crippen LogP contribution in [0, 0.1) is 5.92 Å². The summed E-state index contributed by atoms with van der Waals surface area (Å²) in [6.07, 6.45) is 0. The molecule has 1 aromatic carbocycles. The maximum absolute atomic E-state index is 11.6. The van der Waals surface area contributed by atoms with Gasteiger partial charge in [0.2, 0.25) is 0 Å². The smallest absolute Gasteiger partial charge is 0.308 e. The zero-order chi connectivity index (χ0) is 14.9. The molecular weight excluding hydrogens is 254 g/mol. The van der Waals surface area contributed by atoms with Crippen molar-refractivity contribution in [2.75, 3.05) is 20.2 Å². The molecule has 1 fully saturated rings. The summed E-state index contributed by atoms with van der Waals surface area (Å²) in [6.45, 7) is 7.70. The number of likely N-dealkylation sites (tertiary alicyclic amines) is 1. The molecule has 0 saturated carbocycles. The molecule has 0 spiro atoms. The number of nitrogens with zero attached hydrogens (tertiary/aromatic N) is 1. The molecule has 1 N–H and O–H groups in total. The van der Waals surface area contributed by atoms with Crippen LogP contribution in [0.3, 0.4) is 0 Å². The first-order valence-electron chi connectivity index (χ1n) is 6.95. The zero-order valence-corrected chi connectivity index (χ0v) is 12.6. The second-order valence-electron chi connectivity index (χ2n) is 6.37. The molecule has 1 saturated heterocycles. The first kappa shape index (κ1) is 14.9. The van der Waals surface area contributed by atoms with Crippen LogP contribution >= 0.6 is 0 Å². The summed E-state index contributed by atoms with van der Waals surface area (Å²) >= 11 is 0. The largest absolute Gasteiger partial charge is 0.496 e. The Morgan fingerprint density at radius 3 is 2.50 bits per heavy atom. The van der Waals surface area contributed by atoms with Crippen LogP contribution in [0.25, 0.3) is 0 Å². The number of hydrogen-bond donors (Lipinski definition) is 1. The zero-order valence-electron chi connectivity index (χ0n) is 12.6. The van der Waals surface area contributed by atoms with Crippen LogP contribution in [0.2, 0.25) is 0 Å². The first-order valence-corrected chi connectivity index (χ1v) is 6.95. The fraction of sp³-hybridized carbons (Fsp3) is 0.562. The number of methoxy groups -OCH3 is 1. The summed E-state index contributed by atoms with van der Waals surface area (Å²) in [5, 5.41) is 9.52. The molecule has 1 aliphatic heterocycles. The SMILES string of the molecule is COc1ccccc1[C@@H]1CN(C(C)(C)C)C[C@H]1C(=O)O. The van der Waals surface area contributed by atoms with Crippen molar-refractivity contribution >= 4 is 5.97 Å². The Labute approximate surface area is 120 Å². The highest BCUT2D eigenvalue weighted by Crippen LogP contribution is 2.39. The second-order valence-corrected chi connectivity index (χ2v) is 6.37. The summed E-state index contributed by atoms with van der Waals surface area (Å²) in [7, 11) is 1.63. The molecule has 0 unspecified atom stereocenters. The molecule has 20 heavy (non-hydrogen) atoms. The minimum atomic E-state index is -0.729. The van der Waals surface area contributed by atoms with Crippen molar-refractivity contribution in [3.8, 4) is 5.75 Å². The lowest BCUT2D eigenvalue weighted by Crippen LogP contribution is -2.40. The van der Waals surface area contributed by atoms with Crippen LogP contribution in [-0.2, 0) is 4.79 Å². The predicted molar refractivity (Wildman–Crippen MR) is 78.2 cm³/mol. The number of aliphatic carboxylic acids is 1. The average Bonchev–Trinajstić information content (AvgIpc) is 2.83. The van der Waals surface area contributed by atoms with E-state index < -0.39 is 5.97 Å². The molecule has 1 aliphatic rings. The Hall–Kier alpha value is -1.55. The Kier molecular flexibility index (Phi) is 4.04. The van der Waals surface area contributed by atoms with Crippen molar-refractivity contribution in [3.05, 3.63) is 29.8 Å². The van der Waals surface area contributed by atoms with Crippen LogP contribution < -0.4 is 4.74 Å². The van der Waals surface area contributed by atoms with Crippen LogP contribution in [-0.4, -0.2) is 41.7 Å². The maximum atomic E-state index is 11.6. The summed E-state index contributed by atoms with van der Waals surface area (Å²) in [5.74, 6) is -0.361. The Bertz CT molecular complexity index is 493. The van der Waals surface area contributed by atoms with Crippen LogP contribution in [0.4, 0.5) is 0 Å². The van der Waals surface area contributed by atoms with E-state index in [9.17, 15) is 9.90 Å². The van der Waals surface area contributed by atoms with Crippen LogP contribution in [0.5, 0.6) is 5.75 Å². The number of hydrogen-bond acceptors (Lipinski definition) is 3. The van der Waals surface area contributed by atoms with Crippen molar-refractivity contribution in [2.24, 2.45) is 5.92 Å². The topological polar surface area (TPSA) is 49.8 Å². The van der Waals surface area contributed by atoms with Crippen molar-refractivity contribution in [3.63, 3.8) is 0 Å². The molecule has 0 bridgehead atoms. The number of carbonyl (C=O) groups is 1. The molecule has 0 radical (unpaired) electrons. The van der Waals surface area contributed by atoms with Gasteiger partial charge in [-0.05, 0) is 32.4 Å². The van der Waals surface area contributed by atoms with Crippen molar-refractivity contribution in [1.29, 1.82) is 0 Å². The third-order valence-corrected chi connectivity index (χ3v) is 4.12. The molecule has 4 nitrogen and oxygen atoms in total. The van der Waals surface area contributed by atoms with Gasteiger partial charge in [0.1, 0.15) is 5.75 Å². The summed E-state index contributed by atoms with van der Waals surface area (Å²) in [4.78, 5) is 13.8. The first-order chi connectivity index (χ1) is 9.34. The van der Waals surface area contributed by atoms with E-state index in [4.69, 9.17) is 4.74 Å². The molecule has 0 aliphatic carbocycles. The molecule has 0 amide bonds. The summed E-state index contributed by atoms with van der Waals surface area (Å²) in [6, 6.07) is 7.73. The van der Waals surface area contributed by atoms with Crippen LogP contribution in [0.15, 0.2) is 24.3 Å². The van der Waals surface area contributed by atoms with E-state index in [-0.39, 0.29) is 17.4 Å². The normalized spacial score (nSPS) is 23.8. The van der Waals surface area contributed by atoms with E-state index in [2.05, 4.69) is 25.7 Å². The minimum Gasteiger partial charge on any atom is -0.496 e. The quantitative estimate of drug-likeness (QED) is 0.922. The number of para-hydroxylation sites is 1. The summed E-state index contributed by atoms with van der Waals surface area (Å²) in [5.41, 5.74) is 0.971. The van der Waals surface area contributed by atoms with Gasteiger partial charge in [0.15, 0.2) is 0 Å². The van der Waals surface area contributed by atoms with Gasteiger partial charge in [0.25, 0.3) is 0 Å². The number of carboxylic acids is 1. The van der Waals surface area contributed by atoms with Crippen molar-refractivity contribution in [2.45, 2.75) is 32.2 Å². The molecule has 1 aromatic rings. The number of carboxylic acid groups (broad SMARTS) is 1. The summed E-state index contributed by atoms with van der Waals surface area (Å²) < 4.78 is 5.40. The van der Waals surface area contributed by atoms with Gasteiger partial charge in [-0.15, -0.1) is 0 Å². The monoisotopic (exact) mass is 277 g/mol. The van der Waals surface area contributed by atoms with Gasteiger partial charge in [-0.1, -0.05) is 18.2 Å². The fourth-order valence-corrected chi connectivity index (χ4v) is 2.89. The lowest BCUT2D eigenvalue weighted by molar-refractivity contribution is -0.141. The minimum absolute atomic E-state index is 0.0233. The van der Waals surface area contributed by atoms with Crippen LogP contribution in [0.1, 0.15) is 32.3 Å². The molecule has 1 heterocycles. The molecule has 2 rings (SSSR count). The predicted octanol–water partition coefficient (Wildman–Crippen LogP) is 2.59. The van der Waals surface area contributed by atoms with Gasteiger partial charge >= 0.3 is 5.97 Å². The molecule has 110 valence electrons. The fourth-order valence-electron chi connectivity index (χ4n) is 2.89. The Balaban J connectivity index is 2.35. The highest BCUT2D eigenvalue weighted by atomic mass is 16.5. The maximum Gasteiger partial charge on any atom is 0.308 e. The van der Waals surface area contributed by atoms with E-state index in [1.807, 2.05) is 24.3 Å². The van der Waals surface area contributed by atoms with Gasteiger partial charge in [-0.2, -0.15) is 0 Å². The van der Waals surface area contributed by atoms with Gasteiger partial charge in [0, 0.05) is 24.5 Å². The highest BCUT2D eigenvalue weighted by molar-refractivity contribution is 5.72. The van der Waals surface area contributed by atoms with Gasteiger partial charge < -0.3 is 9.84 Å². The number of benzene rings is 1. The Morgan fingerprint density at radius 2 is 1.95 bits per heavy atom. The van der Waals surface area contributed by atoms with E-state index in [0.717, 1.165) is 17.9 Å². The number of rotatable bonds is 3. The third-order valence-electron chi connectivity index (χ3n) is 4.12. The molecule has 4 heteroatoms. The van der Waals surface area contributed by atoms with Crippen molar-refractivity contribution < 1.29 is 14.6 Å². The number of ether oxygens (including phenoxy) is 1. The molecule has 2 atom stereocenters. The van der Waals surface area contributed by atoms with Gasteiger partial charge in [-0.3, -0.25) is 9.69 Å². The third kappa shape index (κ3) is 2.80. The molecular formula is C16H23NO3. The molecule has 0 aromatic heterocycles. The average molecular weight is 277 g/mol. The van der Waals surface area contributed by atoms with Gasteiger partial charge in [0.05, 0.1) is 13.0 Å². The standard InChI is InChI=1S/C16H23NO3/c1-16(2,3)17-9-12(13(10-17)15(18)19)11-7-5-6-8-14(11)20-4/h5-8,12-13H,9-10H2,1-4H3,(H,18,19)/t12-,13+/m0/s1. The second kappa shape index (κ2) is 5.44. The van der Waals surface area contributed by atoms with Crippen molar-refractivity contribution in [1.82, 2.24) is 4.90 Å². The highest BCUT2D eigenvalue weighted by Gasteiger charge is 2.42. The van der Waals surface area contributed by atoms with E-state index >= 15 is 0 Å². The van der Waals surface area contributed by atoms with E-state index in [0.29, 0.717) is 6.54 Å². The lowest BCUT2D eigenvalue weighted by atomic mass is 9.88. The van der Waals surface area contributed by atoms with E-state index in [1.165, 1.54) is 0 Å².